The summed E-state index contributed by atoms with van der Waals surface area (Å²) in [6.45, 7) is 0.674. The van der Waals surface area contributed by atoms with E-state index < -0.39 is 11.6 Å². The van der Waals surface area contributed by atoms with Crippen LogP contribution in [0, 0.1) is 29.3 Å². The van der Waals surface area contributed by atoms with Crippen molar-refractivity contribution >= 4 is 10.8 Å². The van der Waals surface area contributed by atoms with E-state index in [1.54, 1.807) is 37.4 Å². The lowest BCUT2D eigenvalue weighted by Crippen LogP contribution is -1.98. The Morgan fingerprint density at radius 1 is 0.676 bits per heavy atom. The van der Waals surface area contributed by atoms with Gasteiger partial charge in [-0.2, -0.15) is 0 Å². The first-order valence-corrected chi connectivity index (χ1v) is 11.3. The molecule has 4 aromatic carbocycles. The lowest BCUT2D eigenvalue weighted by Gasteiger charge is -2.07. The van der Waals surface area contributed by atoms with E-state index >= 15 is 0 Å². The summed E-state index contributed by atoms with van der Waals surface area (Å²) in [5, 5.41) is 0.850. The van der Waals surface area contributed by atoms with E-state index in [9.17, 15) is 13.2 Å². The fourth-order valence-electron chi connectivity index (χ4n) is 3.89. The summed E-state index contributed by atoms with van der Waals surface area (Å²) < 4.78 is 46.7. The van der Waals surface area contributed by atoms with Crippen molar-refractivity contribution in [2.45, 2.75) is 25.7 Å². The van der Waals surface area contributed by atoms with Crippen molar-refractivity contribution in [1.82, 2.24) is 0 Å². The smallest absolute Gasteiger partial charge is 0.166 e. The standard InChI is InChI=1S/C30H25F3O/c1-34-18-2-3-23-11-14-25(29(32)20-23)13-10-22-6-4-21(5-7-22)8-9-24-12-16-27-26(19-24)15-17-28(31)30(27)33/h4-7,11-12,14-17,19-20H,2-3,10,13,18H2,1H3. The topological polar surface area (TPSA) is 9.23 Å². The van der Waals surface area contributed by atoms with Gasteiger partial charge in [0.2, 0.25) is 0 Å². The minimum atomic E-state index is -0.857. The van der Waals surface area contributed by atoms with Crippen LogP contribution in [0.25, 0.3) is 10.8 Å². The predicted octanol–water partition coefficient (Wildman–Crippen LogP) is 7.02. The highest BCUT2D eigenvalue weighted by atomic mass is 19.2. The molecular formula is C30H25F3O. The van der Waals surface area contributed by atoms with E-state index in [4.69, 9.17) is 4.74 Å². The number of ether oxygens (including phenoxy) is 1. The van der Waals surface area contributed by atoms with Crippen LogP contribution in [0.2, 0.25) is 0 Å². The van der Waals surface area contributed by atoms with Crippen molar-refractivity contribution in [3.8, 4) is 11.8 Å². The summed E-state index contributed by atoms with van der Waals surface area (Å²) in [4.78, 5) is 0. The molecule has 172 valence electrons. The maximum atomic E-state index is 14.4. The highest BCUT2D eigenvalue weighted by Crippen LogP contribution is 2.21. The Balaban J connectivity index is 1.37. The van der Waals surface area contributed by atoms with Gasteiger partial charge in [-0.15, -0.1) is 0 Å². The molecule has 4 aromatic rings. The summed E-state index contributed by atoms with van der Waals surface area (Å²) in [5.41, 5.74) is 4.39. The van der Waals surface area contributed by atoms with Crippen LogP contribution in [0.4, 0.5) is 13.2 Å². The number of methoxy groups -OCH3 is 1. The van der Waals surface area contributed by atoms with E-state index in [1.807, 2.05) is 36.4 Å². The monoisotopic (exact) mass is 458 g/mol. The molecule has 0 radical (unpaired) electrons. The van der Waals surface area contributed by atoms with Crippen LogP contribution < -0.4 is 0 Å². The van der Waals surface area contributed by atoms with Crippen molar-refractivity contribution in [3.63, 3.8) is 0 Å². The minimum Gasteiger partial charge on any atom is -0.385 e. The quantitative estimate of drug-likeness (QED) is 0.214. The Morgan fingerprint density at radius 2 is 1.41 bits per heavy atom. The molecule has 0 atom stereocenters. The molecule has 0 N–H and O–H groups in total. The third-order valence-electron chi connectivity index (χ3n) is 5.83. The second-order valence-corrected chi connectivity index (χ2v) is 8.27. The van der Waals surface area contributed by atoms with Crippen LogP contribution in [-0.4, -0.2) is 13.7 Å². The number of hydrogen-bond donors (Lipinski definition) is 0. The molecule has 0 fully saturated rings. The van der Waals surface area contributed by atoms with Crippen LogP contribution >= 0.6 is 0 Å². The van der Waals surface area contributed by atoms with Gasteiger partial charge in [-0.25, -0.2) is 13.2 Å². The van der Waals surface area contributed by atoms with E-state index in [2.05, 4.69) is 11.8 Å². The minimum absolute atomic E-state index is 0.157. The molecule has 0 heterocycles. The largest absolute Gasteiger partial charge is 0.385 e. The van der Waals surface area contributed by atoms with Gasteiger partial charge in [0.15, 0.2) is 11.6 Å². The predicted molar refractivity (Wildman–Crippen MR) is 130 cm³/mol. The Labute approximate surface area is 198 Å². The molecule has 0 amide bonds. The van der Waals surface area contributed by atoms with E-state index in [-0.39, 0.29) is 11.2 Å². The number of halogens is 3. The summed E-state index contributed by atoms with van der Waals surface area (Å²) in [6.07, 6.45) is 3.05. The molecule has 0 aliphatic heterocycles. The van der Waals surface area contributed by atoms with Gasteiger partial charge < -0.3 is 4.74 Å². The fourth-order valence-corrected chi connectivity index (χ4v) is 3.89. The zero-order valence-corrected chi connectivity index (χ0v) is 19.0. The van der Waals surface area contributed by atoms with E-state index in [0.717, 1.165) is 47.6 Å². The summed E-state index contributed by atoms with van der Waals surface area (Å²) in [7, 11) is 1.67. The van der Waals surface area contributed by atoms with E-state index in [0.29, 0.717) is 24.0 Å². The van der Waals surface area contributed by atoms with Crippen LogP contribution in [0.3, 0.4) is 0 Å². The molecule has 0 saturated carbocycles. The van der Waals surface area contributed by atoms with E-state index in [1.165, 1.54) is 0 Å². The number of benzene rings is 4. The lowest BCUT2D eigenvalue weighted by atomic mass is 10.0. The Morgan fingerprint density at radius 3 is 2.18 bits per heavy atom. The first-order chi connectivity index (χ1) is 16.5. The summed E-state index contributed by atoms with van der Waals surface area (Å²) >= 11 is 0. The van der Waals surface area contributed by atoms with Gasteiger partial charge in [0.25, 0.3) is 0 Å². The first kappa shape index (κ1) is 23.6. The normalized spacial score (nSPS) is 10.8. The average Bonchev–Trinajstić information content (AvgIpc) is 2.85. The second kappa shape index (κ2) is 11.0. The molecular weight excluding hydrogens is 433 g/mol. The Kier molecular flexibility index (Phi) is 7.67. The number of hydrogen-bond acceptors (Lipinski definition) is 1. The maximum absolute atomic E-state index is 14.4. The molecule has 0 bridgehead atoms. The highest BCUT2D eigenvalue weighted by molar-refractivity contribution is 5.84. The SMILES string of the molecule is COCCCc1ccc(CCc2ccc(C#Cc3ccc4c(F)c(F)ccc4c3)cc2)c(F)c1. The molecule has 0 saturated heterocycles. The fraction of sp³-hybridized carbons (Fsp3) is 0.200. The van der Waals surface area contributed by atoms with Gasteiger partial charge in [0.1, 0.15) is 5.82 Å². The van der Waals surface area contributed by atoms with Gasteiger partial charge in [0.05, 0.1) is 0 Å². The number of fused-ring (bicyclic) bond motifs is 1. The zero-order valence-electron chi connectivity index (χ0n) is 19.0. The molecule has 0 aliphatic carbocycles. The molecule has 4 heteroatoms. The Hall–Kier alpha value is -3.55. The van der Waals surface area contributed by atoms with Crippen LogP contribution in [-0.2, 0) is 24.0 Å². The second-order valence-electron chi connectivity index (χ2n) is 8.27. The van der Waals surface area contributed by atoms with Crippen molar-refractivity contribution in [1.29, 1.82) is 0 Å². The average molecular weight is 459 g/mol. The molecule has 0 aliphatic rings. The van der Waals surface area contributed by atoms with Crippen molar-refractivity contribution in [2.75, 3.05) is 13.7 Å². The molecule has 4 rings (SSSR count). The Bertz CT molecular complexity index is 1350. The van der Waals surface area contributed by atoms with Gasteiger partial charge in [-0.05, 0) is 84.2 Å². The highest BCUT2D eigenvalue weighted by Gasteiger charge is 2.07. The van der Waals surface area contributed by atoms with Gasteiger partial charge >= 0.3 is 0 Å². The van der Waals surface area contributed by atoms with Crippen LogP contribution in [0.1, 0.15) is 34.2 Å². The lowest BCUT2D eigenvalue weighted by molar-refractivity contribution is 0.195. The summed E-state index contributed by atoms with van der Waals surface area (Å²) in [6, 6.07) is 21.0. The third-order valence-corrected chi connectivity index (χ3v) is 5.83. The third kappa shape index (κ3) is 5.87. The maximum Gasteiger partial charge on any atom is 0.166 e. The van der Waals surface area contributed by atoms with Gasteiger partial charge in [-0.1, -0.05) is 48.2 Å². The molecule has 0 unspecified atom stereocenters. The number of aryl methyl sites for hydroxylation is 3. The van der Waals surface area contributed by atoms with Crippen LogP contribution in [0.5, 0.6) is 0 Å². The molecule has 1 nitrogen and oxygen atoms in total. The van der Waals surface area contributed by atoms with Crippen molar-refractivity contribution in [2.24, 2.45) is 0 Å². The first-order valence-electron chi connectivity index (χ1n) is 11.3. The summed E-state index contributed by atoms with van der Waals surface area (Å²) in [5.74, 6) is 4.32. The zero-order chi connectivity index (χ0) is 23.9. The molecule has 0 spiro atoms. The van der Waals surface area contributed by atoms with Crippen LogP contribution in [0.15, 0.2) is 72.8 Å². The number of rotatable bonds is 7. The van der Waals surface area contributed by atoms with Crippen molar-refractivity contribution < 1.29 is 17.9 Å². The molecule has 34 heavy (non-hydrogen) atoms. The van der Waals surface area contributed by atoms with Gasteiger partial charge in [-0.3, -0.25) is 0 Å². The molecule has 0 aromatic heterocycles. The van der Waals surface area contributed by atoms with Gasteiger partial charge in [0, 0.05) is 30.2 Å². The van der Waals surface area contributed by atoms with Crippen molar-refractivity contribution in [3.05, 3.63) is 118 Å².